The summed E-state index contributed by atoms with van der Waals surface area (Å²) in [6.07, 6.45) is 1.73. The maximum absolute atomic E-state index is 6.18. The number of hydrogen-bond acceptors (Lipinski definition) is 5. The Bertz CT molecular complexity index is 574. The molecule has 0 radical (unpaired) electrons. The molecule has 4 nitrogen and oxygen atoms in total. The van der Waals surface area contributed by atoms with Gasteiger partial charge in [0.1, 0.15) is 5.75 Å². The molecular formula is C13H14ClN3OS. The average molecular weight is 296 g/mol. The van der Waals surface area contributed by atoms with E-state index in [0.29, 0.717) is 0 Å². The lowest BCUT2D eigenvalue weighted by atomic mass is 10.0. The molecule has 0 bridgehead atoms. The summed E-state index contributed by atoms with van der Waals surface area (Å²) in [6, 6.07) is 4.10. The molecule has 1 aromatic heterocycles. The van der Waals surface area contributed by atoms with Crippen LogP contribution in [0.25, 0.3) is 0 Å². The standard InChI is InChI=1S/C13H14ClN3OS/c1-15-11(12-7-19-17-16-12)6-9-5-10(14)4-8-2-3-18-13(8)9/h4-5,7,11,15H,2-3,6H2,1H3. The van der Waals surface area contributed by atoms with E-state index in [4.69, 9.17) is 16.3 Å². The van der Waals surface area contributed by atoms with Crippen LogP contribution in [0, 0.1) is 0 Å². The van der Waals surface area contributed by atoms with Crippen molar-refractivity contribution in [3.8, 4) is 5.75 Å². The van der Waals surface area contributed by atoms with E-state index < -0.39 is 0 Å². The van der Waals surface area contributed by atoms with Crippen LogP contribution in [0.15, 0.2) is 17.5 Å². The van der Waals surface area contributed by atoms with Gasteiger partial charge in [-0.3, -0.25) is 0 Å². The zero-order valence-electron chi connectivity index (χ0n) is 10.5. The Morgan fingerprint density at radius 2 is 2.42 bits per heavy atom. The Morgan fingerprint density at radius 3 is 3.16 bits per heavy atom. The van der Waals surface area contributed by atoms with E-state index in [1.807, 2.05) is 24.6 Å². The third-order valence-corrected chi connectivity index (χ3v) is 4.07. The molecule has 100 valence electrons. The predicted octanol–water partition coefficient (Wildman–Crippen LogP) is 2.63. The minimum atomic E-state index is 0.130. The molecule has 0 spiro atoms. The van der Waals surface area contributed by atoms with Gasteiger partial charge < -0.3 is 10.1 Å². The second kappa shape index (κ2) is 5.45. The van der Waals surface area contributed by atoms with Gasteiger partial charge in [0.2, 0.25) is 0 Å². The number of fused-ring (bicyclic) bond motifs is 1. The molecule has 0 saturated carbocycles. The van der Waals surface area contributed by atoms with Gasteiger partial charge in [-0.2, -0.15) is 0 Å². The van der Waals surface area contributed by atoms with E-state index in [1.54, 1.807) is 0 Å². The van der Waals surface area contributed by atoms with Crippen molar-refractivity contribution in [1.82, 2.24) is 14.9 Å². The first-order valence-electron chi connectivity index (χ1n) is 6.16. The molecule has 1 N–H and O–H groups in total. The molecule has 19 heavy (non-hydrogen) atoms. The van der Waals surface area contributed by atoms with Gasteiger partial charge in [-0.05, 0) is 48.3 Å². The van der Waals surface area contributed by atoms with Gasteiger partial charge >= 0.3 is 0 Å². The highest BCUT2D eigenvalue weighted by molar-refractivity contribution is 7.03. The SMILES string of the molecule is CNC(Cc1cc(Cl)cc2c1OCC2)c1csnn1. The summed E-state index contributed by atoms with van der Waals surface area (Å²) in [7, 11) is 1.93. The van der Waals surface area contributed by atoms with E-state index in [9.17, 15) is 0 Å². The molecular weight excluding hydrogens is 282 g/mol. The van der Waals surface area contributed by atoms with Gasteiger partial charge in [-0.1, -0.05) is 16.1 Å². The highest BCUT2D eigenvalue weighted by Gasteiger charge is 2.21. The molecule has 0 aliphatic carbocycles. The van der Waals surface area contributed by atoms with Gasteiger partial charge in [0.25, 0.3) is 0 Å². The third-order valence-electron chi connectivity index (χ3n) is 3.33. The van der Waals surface area contributed by atoms with Crippen LogP contribution in [-0.2, 0) is 12.8 Å². The molecule has 1 unspecified atom stereocenters. The van der Waals surface area contributed by atoms with Crippen molar-refractivity contribution in [2.75, 3.05) is 13.7 Å². The number of benzene rings is 1. The fourth-order valence-corrected chi connectivity index (χ4v) is 3.17. The van der Waals surface area contributed by atoms with E-state index in [-0.39, 0.29) is 6.04 Å². The number of halogens is 1. The molecule has 1 aromatic carbocycles. The minimum Gasteiger partial charge on any atom is -0.493 e. The second-order valence-electron chi connectivity index (χ2n) is 4.53. The molecule has 0 saturated heterocycles. The van der Waals surface area contributed by atoms with Crippen LogP contribution in [0.2, 0.25) is 5.02 Å². The van der Waals surface area contributed by atoms with Crippen LogP contribution in [-0.4, -0.2) is 23.2 Å². The number of hydrogen-bond donors (Lipinski definition) is 1. The molecule has 1 atom stereocenters. The van der Waals surface area contributed by atoms with Crippen molar-refractivity contribution in [2.45, 2.75) is 18.9 Å². The Kier molecular flexibility index (Phi) is 3.68. The Morgan fingerprint density at radius 1 is 1.53 bits per heavy atom. The Balaban J connectivity index is 1.90. The first kappa shape index (κ1) is 12.8. The summed E-state index contributed by atoms with van der Waals surface area (Å²) in [4.78, 5) is 0. The first-order valence-corrected chi connectivity index (χ1v) is 7.37. The number of rotatable bonds is 4. The number of likely N-dealkylation sites (N-methyl/N-ethyl adjacent to an activating group) is 1. The van der Waals surface area contributed by atoms with Crippen LogP contribution in [0.4, 0.5) is 0 Å². The van der Waals surface area contributed by atoms with Crippen molar-refractivity contribution in [3.63, 3.8) is 0 Å². The quantitative estimate of drug-likeness (QED) is 0.942. The monoisotopic (exact) mass is 295 g/mol. The van der Waals surface area contributed by atoms with Crippen LogP contribution < -0.4 is 10.1 Å². The number of nitrogens with one attached hydrogen (secondary N) is 1. The first-order chi connectivity index (χ1) is 9.28. The van der Waals surface area contributed by atoms with Crippen LogP contribution >= 0.6 is 23.1 Å². The van der Waals surface area contributed by atoms with Crippen LogP contribution in [0.1, 0.15) is 22.9 Å². The van der Waals surface area contributed by atoms with E-state index >= 15 is 0 Å². The van der Waals surface area contributed by atoms with Gasteiger partial charge in [0, 0.05) is 16.8 Å². The lowest BCUT2D eigenvalue weighted by Crippen LogP contribution is -2.19. The summed E-state index contributed by atoms with van der Waals surface area (Å²) in [5.41, 5.74) is 3.29. The maximum atomic E-state index is 6.18. The van der Waals surface area contributed by atoms with Gasteiger partial charge in [0.15, 0.2) is 0 Å². The van der Waals surface area contributed by atoms with Crippen molar-refractivity contribution < 1.29 is 4.74 Å². The van der Waals surface area contributed by atoms with Crippen LogP contribution in [0.5, 0.6) is 5.75 Å². The summed E-state index contributed by atoms with van der Waals surface area (Å²) in [6.45, 7) is 0.741. The van der Waals surface area contributed by atoms with Gasteiger partial charge in [-0.25, -0.2) is 0 Å². The van der Waals surface area contributed by atoms with E-state index in [1.165, 1.54) is 17.1 Å². The highest BCUT2D eigenvalue weighted by atomic mass is 35.5. The van der Waals surface area contributed by atoms with Gasteiger partial charge in [0.05, 0.1) is 18.3 Å². The van der Waals surface area contributed by atoms with Crippen molar-refractivity contribution in [1.29, 1.82) is 0 Å². The largest absolute Gasteiger partial charge is 0.493 e. The van der Waals surface area contributed by atoms with Crippen molar-refractivity contribution >= 4 is 23.1 Å². The number of nitrogens with zero attached hydrogens (tertiary/aromatic N) is 2. The van der Waals surface area contributed by atoms with Crippen molar-refractivity contribution in [3.05, 3.63) is 39.4 Å². The smallest absolute Gasteiger partial charge is 0.125 e. The lowest BCUT2D eigenvalue weighted by Gasteiger charge is -2.16. The second-order valence-corrected chi connectivity index (χ2v) is 5.57. The fourth-order valence-electron chi connectivity index (χ4n) is 2.40. The Labute approximate surface area is 120 Å². The van der Waals surface area contributed by atoms with Gasteiger partial charge in [-0.15, -0.1) is 5.10 Å². The summed E-state index contributed by atoms with van der Waals surface area (Å²) < 4.78 is 9.64. The fraction of sp³-hybridized carbons (Fsp3) is 0.385. The predicted molar refractivity (Wildman–Crippen MR) is 76.1 cm³/mol. The van der Waals surface area contributed by atoms with E-state index in [0.717, 1.165) is 41.5 Å². The molecule has 1 aliphatic heterocycles. The summed E-state index contributed by atoms with van der Waals surface area (Å²) >= 11 is 7.54. The summed E-state index contributed by atoms with van der Waals surface area (Å²) in [5.74, 6) is 0.993. The molecule has 3 rings (SSSR count). The Hall–Kier alpha value is -1.17. The topological polar surface area (TPSA) is 47.0 Å². The van der Waals surface area contributed by atoms with Crippen LogP contribution in [0.3, 0.4) is 0 Å². The molecule has 1 aliphatic rings. The average Bonchev–Trinajstić information content (AvgIpc) is 3.05. The van der Waals surface area contributed by atoms with E-state index in [2.05, 4.69) is 14.9 Å². The minimum absolute atomic E-state index is 0.130. The number of aromatic nitrogens is 2. The molecule has 0 fully saturated rings. The zero-order valence-corrected chi connectivity index (χ0v) is 12.1. The van der Waals surface area contributed by atoms with Crippen molar-refractivity contribution in [2.24, 2.45) is 0 Å². The normalized spacial score (nSPS) is 15.1. The molecule has 6 heteroatoms. The highest BCUT2D eigenvalue weighted by Crippen LogP contribution is 2.35. The third kappa shape index (κ3) is 2.59. The maximum Gasteiger partial charge on any atom is 0.125 e. The zero-order chi connectivity index (χ0) is 13.2. The molecule has 0 amide bonds. The lowest BCUT2D eigenvalue weighted by molar-refractivity contribution is 0.352. The molecule has 2 heterocycles. The summed E-state index contributed by atoms with van der Waals surface area (Å²) in [5, 5.41) is 10.1. The molecule has 2 aromatic rings. The number of ether oxygens (including phenoxy) is 1.